The molecule has 0 rings (SSSR count). The molecule has 308 valence electrons. The molecule has 0 spiro atoms. The summed E-state index contributed by atoms with van der Waals surface area (Å²) in [6.07, 6.45) is 57.3. The van der Waals surface area contributed by atoms with E-state index >= 15 is 0 Å². The van der Waals surface area contributed by atoms with Crippen LogP contribution in [0, 0.1) is 0 Å². The molecule has 0 aromatic heterocycles. The maximum absolute atomic E-state index is 12.4. The predicted molar refractivity (Wildman–Crippen MR) is 230 cm³/mol. The molecule has 3 N–H and O–H groups in total. The van der Waals surface area contributed by atoms with Crippen molar-refractivity contribution in [3.63, 3.8) is 0 Å². The van der Waals surface area contributed by atoms with Crippen LogP contribution in [0.3, 0.4) is 0 Å². The summed E-state index contributed by atoms with van der Waals surface area (Å²) in [5.41, 5.74) is 0. The van der Waals surface area contributed by atoms with Crippen LogP contribution < -0.4 is 5.32 Å². The maximum atomic E-state index is 12.4. The zero-order valence-electron chi connectivity index (χ0n) is 35.3. The van der Waals surface area contributed by atoms with Crippen molar-refractivity contribution in [1.82, 2.24) is 5.32 Å². The highest BCUT2D eigenvalue weighted by molar-refractivity contribution is 5.76. The van der Waals surface area contributed by atoms with Crippen LogP contribution in [0.25, 0.3) is 0 Å². The first kappa shape index (κ1) is 50.9. The molecule has 0 heterocycles. The predicted octanol–water partition coefficient (Wildman–Crippen LogP) is 14.8. The van der Waals surface area contributed by atoms with Crippen LogP contribution in [0.15, 0.2) is 24.3 Å². The van der Waals surface area contributed by atoms with Gasteiger partial charge in [-0.25, -0.2) is 0 Å². The largest absolute Gasteiger partial charge is 0.394 e. The molecule has 4 nitrogen and oxygen atoms in total. The van der Waals surface area contributed by atoms with E-state index in [0.29, 0.717) is 6.42 Å². The summed E-state index contributed by atoms with van der Waals surface area (Å²) in [6, 6.07) is -0.634. The van der Waals surface area contributed by atoms with Crippen molar-refractivity contribution < 1.29 is 15.0 Å². The van der Waals surface area contributed by atoms with Crippen molar-refractivity contribution in [1.29, 1.82) is 0 Å². The molecule has 52 heavy (non-hydrogen) atoms. The Bertz CT molecular complexity index is 750. The summed E-state index contributed by atoms with van der Waals surface area (Å²) in [7, 11) is 0. The molecule has 0 aliphatic heterocycles. The van der Waals surface area contributed by atoms with E-state index < -0.39 is 12.1 Å². The normalized spacial score (nSPS) is 13.1. The Morgan fingerprint density at radius 1 is 0.442 bits per heavy atom. The average molecular weight is 732 g/mol. The molecule has 0 aliphatic rings. The molecule has 0 fully saturated rings. The van der Waals surface area contributed by atoms with Gasteiger partial charge in [0.1, 0.15) is 0 Å². The van der Waals surface area contributed by atoms with E-state index in [1.165, 1.54) is 205 Å². The van der Waals surface area contributed by atoms with E-state index in [2.05, 4.69) is 31.3 Å². The zero-order chi connectivity index (χ0) is 37.8. The number of hydrogen-bond donors (Lipinski definition) is 3. The van der Waals surface area contributed by atoms with Gasteiger partial charge in [0.05, 0.1) is 18.8 Å². The van der Waals surface area contributed by atoms with Gasteiger partial charge in [0.25, 0.3) is 0 Å². The average Bonchev–Trinajstić information content (AvgIpc) is 3.15. The minimum absolute atomic E-state index is 0.0697. The highest BCUT2D eigenvalue weighted by Crippen LogP contribution is 2.16. The fourth-order valence-electron chi connectivity index (χ4n) is 7.31. The van der Waals surface area contributed by atoms with Crippen LogP contribution in [-0.4, -0.2) is 34.9 Å². The zero-order valence-corrected chi connectivity index (χ0v) is 35.3. The molecule has 0 aromatic carbocycles. The highest BCUT2D eigenvalue weighted by atomic mass is 16.3. The summed E-state index contributed by atoms with van der Waals surface area (Å²) in [5.74, 6) is -0.0697. The summed E-state index contributed by atoms with van der Waals surface area (Å²) in [6.45, 7) is 4.32. The third-order valence-corrected chi connectivity index (χ3v) is 10.9. The molecule has 0 saturated carbocycles. The van der Waals surface area contributed by atoms with Crippen molar-refractivity contribution in [2.45, 2.75) is 270 Å². The number of carbonyl (C=O) groups is 1. The maximum Gasteiger partial charge on any atom is 0.220 e. The minimum atomic E-state index is -0.858. The van der Waals surface area contributed by atoms with Gasteiger partial charge < -0.3 is 15.5 Å². The standard InChI is InChI=1S/C48H93NO3/c1-3-5-7-9-11-13-15-17-19-21-22-23-24-25-26-28-29-31-33-35-37-39-41-43-47(51)46(45-50)49-48(52)44-42-40-38-36-34-32-30-27-20-18-16-14-12-10-8-6-4-2/h33,35,41,43,46-47,50-51H,3-32,34,36-40,42,44-45H2,1-2H3,(H,49,52)/b35-33+,43-41+. The Morgan fingerprint density at radius 3 is 1.12 bits per heavy atom. The number of hydrogen-bond acceptors (Lipinski definition) is 3. The second-order valence-electron chi connectivity index (χ2n) is 16.2. The van der Waals surface area contributed by atoms with Crippen LogP contribution >= 0.6 is 0 Å². The Labute approximate surface area is 326 Å². The fourth-order valence-corrected chi connectivity index (χ4v) is 7.31. The number of aliphatic hydroxyl groups excluding tert-OH is 2. The van der Waals surface area contributed by atoms with E-state index in [0.717, 1.165) is 32.1 Å². The number of aliphatic hydroxyl groups is 2. The molecule has 2 unspecified atom stereocenters. The number of carbonyl (C=O) groups excluding carboxylic acids is 1. The number of unbranched alkanes of at least 4 members (excludes halogenated alkanes) is 34. The summed E-state index contributed by atoms with van der Waals surface area (Å²) in [5, 5.41) is 23.0. The lowest BCUT2D eigenvalue weighted by Crippen LogP contribution is -2.45. The Balaban J connectivity index is 3.55. The van der Waals surface area contributed by atoms with Crippen molar-refractivity contribution in [2.75, 3.05) is 6.61 Å². The molecule has 0 bridgehead atoms. The first-order chi connectivity index (χ1) is 25.7. The number of amides is 1. The van der Waals surface area contributed by atoms with Gasteiger partial charge in [0, 0.05) is 6.42 Å². The lowest BCUT2D eigenvalue weighted by atomic mass is 10.0. The van der Waals surface area contributed by atoms with Crippen molar-refractivity contribution in [3.05, 3.63) is 24.3 Å². The Morgan fingerprint density at radius 2 is 0.750 bits per heavy atom. The summed E-state index contributed by atoms with van der Waals surface area (Å²) < 4.78 is 0. The second-order valence-corrected chi connectivity index (χ2v) is 16.2. The first-order valence-corrected chi connectivity index (χ1v) is 23.6. The van der Waals surface area contributed by atoms with Crippen LogP contribution in [0.1, 0.15) is 258 Å². The van der Waals surface area contributed by atoms with Gasteiger partial charge in [0.2, 0.25) is 5.91 Å². The third kappa shape index (κ3) is 40.1. The number of allylic oxidation sites excluding steroid dienone is 3. The highest BCUT2D eigenvalue weighted by Gasteiger charge is 2.17. The van der Waals surface area contributed by atoms with Crippen LogP contribution in [-0.2, 0) is 4.79 Å². The molecular weight excluding hydrogens is 639 g/mol. The number of rotatable bonds is 43. The van der Waals surface area contributed by atoms with Gasteiger partial charge in [-0.3, -0.25) is 4.79 Å². The van der Waals surface area contributed by atoms with Crippen LogP contribution in [0.5, 0.6) is 0 Å². The van der Waals surface area contributed by atoms with E-state index in [-0.39, 0.29) is 12.5 Å². The van der Waals surface area contributed by atoms with Gasteiger partial charge in [0.15, 0.2) is 0 Å². The molecule has 0 saturated heterocycles. The second kappa shape index (κ2) is 44.3. The monoisotopic (exact) mass is 732 g/mol. The van der Waals surface area contributed by atoms with Gasteiger partial charge in [-0.1, -0.05) is 244 Å². The van der Waals surface area contributed by atoms with E-state index in [4.69, 9.17) is 0 Å². The lowest BCUT2D eigenvalue weighted by Gasteiger charge is -2.19. The molecule has 2 atom stereocenters. The van der Waals surface area contributed by atoms with Crippen LogP contribution in [0.4, 0.5) is 0 Å². The Kier molecular flexibility index (Phi) is 43.3. The Hall–Kier alpha value is -1.13. The van der Waals surface area contributed by atoms with Gasteiger partial charge in [-0.05, 0) is 32.1 Å². The summed E-state index contributed by atoms with van der Waals surface area (Å²) >= 11 is 0. The van der Waals surface area contributed by atoms with E-state index in [1.807, 2.05) is 6.08 Å². The molecular formula is C48H93NO3. The lowest BCUT2D eigenvalue weighted by molar-refractivity contribution is -0.123. The minimum Gasteiger partial charge on any atom is -0.394 e. The molecule has 1 amide bonds. The van der Waals surface area contributed by atoms with Crippen molar-refractivity contribution in [2.24, 2.45) is 0 Å². The topological polar surface area (TPSA) is 69.6 Å². The van der Waals surface area contributed by atoms with Crippen LogP contribution in [0.2, 0.25) is 0 Å². The van der Waals surface area contributed by atoms with Crippen molar-refractivity contribution in [3.8, 4) is 0 Å². The summed E-state index contributed by atoms with van der Waals surface area (Å²) in [4.78, 5) is 12.4. The number of nitrogens with one attached hydrogen (secondary N) is 1. The quantitative estimate of drug-likeness (QED) is 0.0432. The van der Waals surface area contributed by atoms with Crippen molar-refractivity contribution >= 4 is 5.91 Å². The van der Waals surface area contributed by atoms with Gasteiger partial charge in [-0.2, -0.15) is 0 Å². The molecule has 0 radical (unpaired) electrons. The van der Waals surface area contributed by atoms with E-state index in [1.54, 1.807) is 6.08 Å². The fraction of sp³-hybridized carbons (Fsp3) is 0.896. The SMILES string of the molecule is CCCCCCCCCCCCCCCCCCC/C=C/CC/C=C/C(O)C(CO)NC(=O)CCCCCCCCCCCCCCCCCCC. The van der Waals surface area contributed by atoms with E-state index in [9.17, 15) is 15.0 Å². The van der Waals surface area contributed by atoms with Gasteiger partial charge in [-0.15, -0.1) is 0 Å². The third-order valence-electron chi connectivity index (χ3n) is 10.9. The molecule has 4 heteroatoms. The first-order valence-electron chi connectivity index (χ1n) is 23.6. The molecule has 0 aromatic rings. The van der Waals surface area contributed by atoms with Gasteiger partial charge >= 0.3 is 0 Å². The molecule has 0 aliphatic carbocycles. The smallest absolute Gasteiger partial charge is 0.220 e.